The largest absolute Gasteiger partial charge is 0.303 e. The first-order valence-electron chi connectivity index (χ1n) is 7.53. The molecule has 2 heteroatoms. The Morgan fingerprint density at radius 3 is 2.65 bits per heavy atom. The molecule has 1 aliphatic rings. The molecule has 1 atom stereocenters. The van der Waals surface area contributed by atoms with Gasteiger partial charge in [-0.15, -0.1) is 0 Å². The Hall–Kier alpha value is -1.67. The molecule has 0 N–H and O–H groups in total. The molecule has 2 aromatic rings. The summed E-state index contributed by atoms with van der Waals surface area (Å²) in [6, 6.07) is 15.7. The third-order valence-corrected chi connectivity index (χ3v) is 4.31. The minimum Gasteiger partial charge on any atom is -0.303 e. The summed E-state index contributed by atoms with van der Waals surface area (Å²) in [5.41, 5.74) is 3.68. The molecule has 2 nitrogen and oxygen atoms in total. The van der Waals surface area contributed by atoms with Crippen LogP contribution in [0.25, 0.3) is 11.3 Å². The van der Waals surface area contributed by atoms with Crippen molar-refractivity contribution < 1.29 is 0 Å². The highest BCUT2D eigenvalue weighted by Gasteiger charge is 2.18. The Bertz CT molecular complexity index is 533. The van der Waals surface area contributed by atoms with Crippen molar-refractivity contribution in [3.05, 3.63) is 54.2 Å². The normalized spacial score (nSPS) is 19.9. The van der Waals surface area contributed by atoms with E-state index in [1.54, 1.807) is 0 Å². The molecule has 0 saturated carbocycles. The highest BCUT2D eigenvalue weighted by molar-refractivity contribution is 5.59. The van der Waals surface area contributed by atoms with E-state index in [1.165, 1.54) is 43.4 Å². The van der Waals surface area contributed by atoms with Crippen molar-refractivity contribution in [2.24, 2.45) is 0 Å². The number of nitrogens with zero attached hydrogens (tertiary/aromatic N) is 2. The van der Waals surface area contributed by atoms with Gasteiger partial charge in [0.15, 0.2) is 0 Å². The molecule has 1 fully saturated rings. The number of pyridine rings is 1. The lowest BCUT2D eigenvalue weighted by Gasteiger charge is -2.32. The van der Waals surface area contributed by atoms with Crippen molar-refractivity contribution in [1.82, 2.24) is 9.88 Å². The lowest BCUT2D eigenvalue weighted by Crippen LogP contribution is -2.37. The van der Waals surface area contributed by atoms with Crippen LogP contribution in [0.4, 0.5) is 0 Å². The maximum Gasteiger partial charge on any atom is 0.0701 e. The van der Waals surface area contributed by atoms with E-state index in [9.17, 15) is 0 Å². The van der Waals surface area contributed by atoms with E-state index < -0.39 is 0 Å². The molecule has 0 radical (unpaired) electrons. The highest BCUT2D eigenvalue weighted by atomic mass is 15.1. The van der Waals surface area contributed by atoms with Gasteiger partial charge in [-0.25, -0.2) is 0 Å². The van der Waals surface area contributed by atoms with Gasteiger partial charge in [-0.1, -0.05) is 36.8 Å². The number of likely N-dealkylation sites (N-methyl/N-ethyl adjacent to an activating group) is 1. The van der Waals surface area contributed by atoms with E-state index in [4.69, 9.17) is 0 Å². The van der Waals surface area contributed by atoms with Crippen molar-refractivity contribution >= 4 is 0 Å². The monoisotopic (exact) mass is 266 g/mol. The molecule has 1 aromatic heterocycles. The van der Waals surface area contributed by atoms with Crippen LogP contribution in [0.1, 0.15) is 24.8 Å². The third kappa shape index (κ3) is 3.07. The second-order valence-electron chi connectivity index (χ2n) is 5.75. The lowest BCUT2D eigenvalue weighted by atomic mass is 9.95. The van der Waals surface area contributed by atoms with Gasteiger partial charge in [-0.05, 0) is 50.6 Å². The van der Waals surface area contributed by atoms with Crippen LogP contribution in [0.2, 0.25) is 0 Å². The zero-order chi connectivity index (χ0) is 13.8. The molecule has 1 aromatic carbocycles. The second-order valence-corrected chi connectivity index (χ2v) is 5.75. The van der Waals surface area contributed by atoms with Crippen LogP contribution in [-0.4, -0.2) is 29.5 Å². The van der Waals surface area contributed by atoms with Gasteiger partial charge in [-0.3, -0.25) is 4.98 Å². The van der Waals surface area contributed by atoms with E-state index in [0.29, 0.717) is 6.04 Å². The zero-order valence-corrected chi connectivity index (χ0v) is 12.1. The maximum atomic E-state index is 4.40. The van der Waals surface area contributed by atoms with Crippen molar-refractivity contribution in [3.8, 4) is 11.3 Å². The van der Waals surface area contributed by atoms with Gasteiger partial charge in [0.2, 0.25) is 0 Å². The van der Waals surface area contributed by atoms with Gasteiger partial charge < -0.3 is 4.90 Å². The van der Waals surface area contributed by atoms with Crippen LogP contribution < -0.4 is 0 Å². The second kappa shape index (κ2) is 6.19. The van der Waals surface area contributed by atoms with E-state index in [2.05, 4.69) is 47.3 Å². The molecule has 0 amide bonds. The summed E-state index contributed by atoms with van der Waals surface area (Å²) in [6.45, 7) is 1.25. The fourth-order valence-electron chi connectivity index (χ4n) is 3.02. The van der Waals surface area contributed by atoms with Gasteiger partial charge in [0.05, 0.1) is 5.69 Å². The van der Waals surface area contributed by atoms with Crippen LogP contribution in [-0.2, 0) is 6.42 Å². The van der Waals surface area contributed by atoms with Crippen LogP contribution in [0.3, 0.4) is 0 Å². The number of likely N-dealkylation sites (tertiary alicyclic amines) is 1. The van der Waals surface area contributed by atoms with Crippen molar-refractivity contribution in [3.63, 3.8) is 0 Å². The van der Waals surface area contributed by atoms with Crippen molar-refractivity contribution in [1.29, 1.82) is 0 Å². The molecule has 0 spiro atoms. The Morgan fingerprint density at radius 1 is 1.10 bits per heavy atom. The fraction of sp³-hybridized carbons (Fsp3) is 0.389. The number of hydrogen-bond donors (Lipinski definition) is 0. The Balaban J connectivity index is 1.70. The summed E-state index contributed by atoms with van der Waals surface area (Å²) in [4.78, 5) is 6.91. The van der Waals surface area contributed by atoms with Gasteiger partial charge in [0.1, 0.15) is 0 Å². The maximum absolute atomic E-state index is 4.40. The molecule has 1 aliphatic heterocycles. The molecule has 2 heterocycles. The van der Waals surface area contributed by atoms with Gasteiger partial charge in [0.25, 0.3) is 0 Å². The number of rotatable bonds is 3. The number of benzene rings is 1. The topological polar surface area (TPSA) is 16.1 Å². The number of hydrogen-bond acceptors (Lipinski definition) is 2. The van der Waals surface area contributed by atoms with E-state index >= 15 is 0 Å². The standard InChI is InChI=1S/C18H22N2/c1-20-13-5-3-6-17(20)14-15-8-10-16(11-9-15)18-7-2-4-12-19-18/h2,4,7-12,17H,3,5-6,13-14H2,1H3. The van der Waals surface area contributed by atoms with Crippen LogP contribution in [0.5, 0.6) is 0 Å². The smallest absolute Gasteiger partial charge is 0.0701 e. The number of piperidine rings is 1. The Labute approximate surface area is 121 Å². The van der Waals surface area contributed by atoms with E-state index in [-0.39, 0.29) is 0 Å². The van der Waals surface area contributed by atoms with Gasteiger partial charge in [0, 0.05) is 17.8 Å². The highest BCUT2D eigenvalue weighted by Crippen LogP contribution is 2.21. The average molecular weight is 266 g/mol. The molecular weight excluding hydrogens is 244 g/mol. The van der Waals surface area contributed by atoms with Crippen LogP contribution in [0.15, 0.2) is 48.7 Å². The minimum absolute atomic E-state index is 0.712. The predicted molar refractivity (Wildman–Crippen MR) is 83.6 cm³/mol. The fourth-order valence-corrected chi connectivity index (χ4v) is 3.02. The SMILES string of the molecule is CN1CCCCC1Cc1ccc(-c2ccccn2)cc1. The molecule has 1 unspecified atom stereocenters. The molecular formula is C18H22N2. The van der Waals surface area contributed by atoms with Gasteiger partial charge in [-0.2, -0.15) is 0 Å². The third-order valence-electron chi connectivity index (χ3n) is 4.31. The first-order valence-corrected chi connectivity index (χ1v) is 7.53. The van der Waals surface area contributed by atoms with Crippen LogP contribution in [0, 0.1) is 0 Å². The first kappa shape index (κ1) is 13.3. The van der Waals surface area contributed by atoms with Gasteiger partial charge >= 0.3 is 0 Å². The molecule has 0 aliphatic carbocycles. The summed E-state index contributed by atoms with van der Waals surface area (Å²) < 4.78 is 0. The quantitative estimate of drug-likeness (QED) is 0.840. The molecule has 3 rings (SSSR count). The molecule has 104 valence electrons. The summed E-state index contributed by atoms with van der Waals surface area (Å²) >= 11 is 0. The molecule has 20 heavy (non-hydrogen) atoms. The Kier molecular flexibility index (Phi) is 4.12. The average Bonchev–Trinajstić information content (AvgIpc) is 2.51. The minimum atomic E-state index is 0.712. The summed E-state index contributed by atoms with van der Waals surface area (Å²) in [5.74, 6) is 0. The van der Waals surface area contributed by atoms with Crippen molar-refractivity contribution in [2.75, 3.05) is 13.6 Å². The summed E-state index contributed by atoms with van der Waals surface area (Å²) in [5, 5.41) is 0. The number of aromatic nitrogens is 1. The molecule has 1 saturated heterocycles. The van der Waals surface area contributed by atoms with Crippen molar-refractivity contribution in [2.45, 2.75) is 31.7 Å². The summed E-state index contributed by atoms with van der Waals surface area (Å²) in [6.07, 6.45) is 7.07. The Morgan fingerprint density at radius 2 is 1.95 bits per heavy atom. The zero-order valence-electron chi connectivity index (χ0n) is 12.1. The summed E-state index contributed by atoms with van der Waals surface area (Å²) in [7, 11) is 2.26. The molecule has 0 bridgehead atoms. The van der Waals surface area contributed by atoms with E-state index in [1.807, 2.05) is 18.3 Å². The lowest BCUT2D eigenvalue weighted by molar-refractivity contribution is 0.184. The predicted octanol–water partition coefficient (Wildman–Crippen LogP) is 3.78. The first-order chi connectivity index (χ1) is 9.83. The van der Waals surface area contributed by atoms with Crippen LogP contribution >= 0.6 is 0 Å². The van der Waals surface area contributed by atoms with E-state index in [0.717, 1.165) is 5.69 Å².